The lowest BCUT2D eigenvalue weighted by Crippen LogP contribution is -2.18. The summed E-state index contributed by atoms with van der Waals surface area (Å²) in [5, 5.41) is 4.25. The minimum absolute atomic E-state index is 0.0386. The van der Waals surface area contributed by atoms with Gasteiger partial charge in [-0.05, 0) is 48.1 Å². The summed E-state index contributed by atoms with van der Waals surface area (Å²) in [5.74, 6) is -0.0386. The molecule has 3 nitrogen and oxygen atoms in total. The van der Waals surface area contributed by atoms with E-state index in [1.165, 1.54) is 5.56 Å². The maximum atomic E-state index is 13.1. The normalized spacial score (nSPS) is 11.7. The van der Waals surface area contributed by atoms with Crippen molar-refractivity contribution in [3.8, 4) is 0 Å². The molecule has 1 amide bonds. The number of anilines is 1. The van der Waals surface area contributed by atoms with Gasteiger partial charge in [-0.15, -0.1) is 0 Å². The van der Waals surface area contributed by atoms with Crippen molar-refractivity contribution >= 4 is 22.5 Å². The molecule has 3 heteroatoms. The summed E-state index contributed by atoms with van der Waals surface area (Å²) in [7, 11) is 0. The van der Waals surface area contributed by atoms with Crippen LogP contribution in [0.25, 0.3) is 10.9 Å². The summed E-state index contributed by atoms with van der Waals surface area (Å²) in [5.41, 5.74) is 5.14. The minimum atomic E-state index is -0.0386. The Morgan fingerprint density at radius 2 is 1.70 bits per heavy atom. The van der Waals surface area contributed by atoms with E-state index in [-0.39, 0.29) is 11.3 Å². The van der Waals surface area contributed by atoms with Crippen molar-refractivity contribution in [2.45, 2.75) is 59.4 Å². The Labute approximate surface area is 162 Å². The van der Waals surface area contributed by atoms with Crippen molar-refractivity contribution in [1.82, 2.24) is 4.57 Å². The number of hydrogen-bond donors (Lipinski definition) is 1. The summed E-state index contributed by atoms with van der Waals surface area (Å²) in [6.07, 6.45) is 2.15. The highest BCUT2D eigenvalue weighted by Gasteiger charge is 2.20. The molecule has 0 radical (unpaired) electrons. The Morgan fingerprint density at radius 3 is 2.33 bits per heavy atom. The lowest BCUT2D eigenvalue weighted by atomic mass is 9.87. The van der Waals surface area contributed by atoms with Gasteiger partial charge in [0.2, 0.25) is 0 Å². The van der Waals surface area contributed by atoms with Crippen molar-refractivity contribution in [3.63, 3.8) is 0 Å². The van der Waals surface area contributed by atoms with E-state index in [4.69, 9.17) is 0 Å². The van der Waals surface area contributed by atoms with Crippen LogP contribution < -0.4 is 5.32 Å². The van der Waals surface area contributed by atoms with Crippen LogP contribution in [0.1, 0.15) is 62.2 Å². The lowest BCUT2D eigenvalue weighted by Gasteiger charge is -2.19. The van der Waals surface area contributed by atoms with E-state index < -0.39 is 0 Å². The monoisotopic (exact) mass is 362 g/mol. The van der Waals surface area contributed by atoms with Gasteiger partial charge in [0, 0.05) is 23.1 Å². The molecule has 0 atom stereocenters. The molecule has 27 heavy (non-hydrogen) atoms. The van der Waals surface area contributed by atoms with Gasteiger partial charge >= 0.3 is 0 Å². The van der Waals surface area contributed by atoms with Crippen LogP contribution in [0.15, 0.2) is 48.5 Å². The van der Waals surface area contributed by atoms with Gasteiger partial charge in [-0.2, -0.15) is 0 Å². The molecular weight excluding hydrogens is 332 g/mol. The first-order valence-electron chi connectivity index (χ1n) is 9.82. The van der Waals surface area contributed by atoms with Gasteiger partial charge < -0.3 is 9.88 Å². The van der Waals surface area contributed by atoms with Crippen LogP contribution in [0.2, 0.25) is 0 Å². The molecule has 1 aromatic heterocycles. The molecule has 1 heterocycles. The Morgan fingerprint density at radius 1 is 1.04 bits per heavy atom. The summed E-state index contributed by atoms with van der Waals surface area (Å²) in [6.45, 7) is 11.6. The van der Waals surface area contributed by atoms with Gasteiger partial charge in [-0.25, -0.2) is 0 Å². The van der Waals surface area contributed by atoms with E-state index in [1.54, 1.807) is 0 Å². The second-order valence-corrected chi connectivity index (χ2v) is 8.28. The highest BCUT2D eigenvalue weighted by molar-refractivity contribution is 6.08. The number of nitrogens with zero attached hydrogens (tertiary/aromatic N) is 1. The molecular formula is C24H30N2O. The first-order chi connectivity index (χ1) is 12.8. The fraction of sp³-hybridized carbons (Fsp3) is 0.375. The van der Waals surface area contributed by atoms with Crippen LogP contribution in [0.5, 0.6) is 0 Å². The Balaban J connectivity index is 1.94. The van der Waals surface area contributed by atoms with Crippen LogP contribution in [0.4, 0.5) is 5.69 Å². The number of hydrogen-bond acceptors (Lipinski definition) is 1. The number of rotatable bonds is 5. The molecule has 142 valence electrons. The number of amides is 1. The van der Waals surface area contributed by atoms with Gasteiger partial charge in [0.05, 0.1) is 0 Å². The molecule has 0 fully saturated rings. The van der Waals surface area contributed by atoms with E-state index in [9.17, 15) is 4.79 Å². The first-order valence-corrected chi connectivity index (χ1v) is 9.82. The van der Waals surface area contributed by atoms with Gasteiger partial charge in [-0.3, -0.25) is 4.79 Å². The van der Waals surface area contributed by atoms with E-state index in [2.05, 4.69) is 61.8 Å². The molecule has 0 unspecified atom stereocenters. The zero-order valence-electron chi connectivity index (χ0n) is 17.1. The quantitative estimate of drug-likeness (QED) is 0.568. The number of nitrogens with one attached hydrogen (secondary N) is 1. The summed E-state index contributed by atoms with van der Waals surface area (Å²) >= 11 is 0. The highest BCUT2D eigenvalue weighted by atomic mass is 16.2. The smallest absolute Gasteiger partial charge is 0.272 e. The van der Waals surface area contributed by atoms with Crippen LogP contribution in [0, 0.1) is 6.92 Å². The fourth-order valence-electron chi connectivity index (χ4n) is 3.56. The second kappa shape index (κ2) is 7.59. The van der Waals surface area contributed by atoms with Gasteiger partial charge in [-0.1, -0.05) is 64.4 Å². The number of unbranched alkanes of at least 4 members (excludes halogenated alkanes) is 1. The number of aryl methyl sites for hydroxylation is 2. The number of fused-ring (bicyclic) bond motifs is 1. The third kappa shape index (κ3) is 3.92. The number of para-hydroxylation sites is 1. The fourth-order valence-corrected chi connectivity index (χ4v) is 3.56. The molecule has 3 aromatic rings. The second-order valence-electron chi connectivity index (χ2n) is 8.28. The van der Waals surface area contributed by atoms with E-state index >= 15 is 0 Å². The molecule has 0 aliphatic heterocycles. The summed E-state index contributed by atoms with van der Waals surface area (Å²) in [4.78, 5) is 13.1. The number of benzene rings is 2. The van der Waals surface area contributed by atoms with Crippen molar-refractivity contribution in [1.29, 1.82) is 0 Å². The topological polar surface area (TPSA) is 34.0 Å². The van der Waals surface area contributed by atoms with E-state index in [0.29, 0.717) is 0 Å². The molecule has 0 aliphatic rings. The van der Waals surface area contributed by atoms with Gasteiger partial charge in [0.25, 0.3) is 5.91 Å². The van der Waals surface area contributed by atoms with Crippen LogP contribution in [0.3, 0.4) is 0 Å². The Bertz CT molecular complexity index is 943. The summed E-state index contributed by atoms with van der Waals surface area (Å²) in [6, 6.07) is 16.4. The van der Waals surface area contributed by atoms with Crippen LogP contribution in [-0.2, 0) is 12.0 Å². The van der Waals surface area contributed by atoms with Crippen LogP contribution >= 0.6 is 0 Å². The molecule has 0 aliphatic carbocycles. The standard InChI is InChI=1S/C24H30N2O/c1-6-7-16-26-21-11-9-8-10-20(21)17(2)22(26)23(27)25-19-14-12-18(13-15-19)24(3,4)5/h8-15H,6-7,16H2,1-5H3,(H,25,27). The average molecular weight is 363 g/mol. The van der Waals surface area contributed by atoms with E-state index in [0.717, 1.165) is 47.2 Å². The maximum absolute atomic E-state index is 13.1. The third-order valence-corrected chi connectivity index (χ3v) is 5.18. The molecule has 1 N–H and O–H groups in total. The lowest BCUT2D eigenvalue weighted by molar-refractivity contribution is 0.101. The molecule has 2 aromatic carbocycles. The molecule has 0 saturated carbocycles. The summed E-state index contributed by atoms with van der Waals surface area (Å²) < 4.78 is 2.17. The largest absolute Gasteiger partial charge is 0.336 e. The molecule has 0 spiro atoms. The maximum Gasteiger partial charge on any atom is 0.272 e. The van der Waals surface area contributed by atoms with Crippen LogP contribution in [-0.4, -0.2) is 10.5 Å². The minimum Gasteiger partial charge on any atom is -0.336 e. The first kappa shape index (κ1) is 19.2. The Hall–Kier alpha value is -2.55. The Kier molecular flexibility index (Phi) is 5.41. The van der Waals surface area contributed by atoms with Crippen molar-refractivity contribution < 1.29 is 4.79 Å². The highest BCUT2D eigenvalue weighted by Crippen LogP contribution is 2.28. The SMILES string of the molecule is CCCCn1c(C(=O)Nc2ccc(C(C)(C)C)cc2)c(C)c2ccccc21. The molecule has 3 rings (SSSR count). The predicted octanol–water partition coefficient (Wildman–Crippen LogP) is 6.30. The average Bonchev–Trinajstić information content (AvgIpc) is 2.92. The molecule has 0 saturated heterocycles. The van der Waals surface area contributed by atoms with E-state index in [1.807, 2.05) is 31.2 Å². The zero-order valence-corrected chi connectivity index (χ0v) is 17.1. The van der Waals surface area contributed by atoms with Crippen molar-refractivity contribution in [2.75, 3.05) is 5.32 Å². The third-order valence-electron chi connectivity index (χ3n) is 5.18. The van der Waals surface area contributed by atoms with Gasteiger partial charge in [0.15, 0.2) is 0 Å². The number of aromatic nitrogens is 1. The predicted molar refractivity (Wildman–Crippen MR) is 115 cm³/mol. The molecule has 0 bridgehead atoms. The zero-order chi connectivity index (χ0) is 19.6. The number of carbonyl (C=O) groups excluding carboxylic acids is 1. The number of carbonyl (C=O) groups is 1. The van der Waals surface area contributed by atoms with Gasteiger partial charge in [0.1, 0.15) is 5.69 Å². The van der Waals surface area contributed by atoms with Crippen molar-refractivity contribution in [2.24, 2.45) is 0 Å². The van der Waals surface area contributed by atoms with Crippen molar-refractivity contribution in [3.05, 3.63) is 65.4 Å².